The molecule has 1 aromatic heterocycles. The first-order valence-corrected chi connectivity index (χ1v) is 9.51. The lowest BCUT2D eigenvalue weighted by atomic mass is 9.94. The molecule has 1 aliphatic heterocycles. The normalized spacial score (nSPS) is 18.4. The fraction of sp³-hybridized carbons (Fsp3) is 0.409. The number of hydrogen-bond donors (Lipinski definition) is 2. The lowest BCUT2D eigenvalue weighted by molar-refractivity contribution is 0.134. The Bertz CT molecular complexity index is 1230. The van der Waals surface area contributed by atoms with Crippen molar-refractivity contribution >= 4 is 21.8 Å². The number of aliphatic hydroxyl groups is 1. The summed E-state index contributed by atoms with van der Waals surface area (Å²) in [6.45, 7) is 3.75. The Morgan fingerprint density at radius 2 is 1.73 bits per heavy atom. The van der Waals surface area contributed by atoms with E-state index in [4.69, 9.17) is 18.9 Å². The predicted octanol–water partition coefficient (Wildman–Crippen LogP) is 2.63. The average molecular weight is 415 g/mol. The molecule has 1 saturated heterocycles. The average Bonchev–Trinajstić information content (AvgIpc) is 3.37. The summed E-state index contributed by atoms with van der Waals surface area (Å²) in [5, 5.41) is 22.3. The van der Waals surface area contributed by atoms with Gasteiger partial charge in [0.2, 0.25) is 5.43 Å². The number of methoxy groups -OCH3 is 3. The SMILES string of the molecule is COc1ccc2c(=O)c3c(O)cc(OC)c([C@@H](O)[C@@H]4OC4(C)C)c3n(C)c2c1OC. The van der Waals surface area contributed by atoms with Crippen LogP contribution in [0.25, 0.3) is 21.8 Å². The van der Waals surface area contributed by atoms with Gasteiger partial charge in [0.25, 0.3) is 0 Å². The smallest absolute Gasteiger partial charge is 0.201 e. The second-order valence-corrected chi connectivity index (χ2v) is 7.91. The van der Waals surface area contributed by atoms with Crippen LogP contribution in [0.15, 0.2) is 23.0 Å². The standard InChI is InChI=1S/C22H25NO7/c1-22(2)21(30-22)19(26)15-13(28-5)9-11(24)14-17(15)23(3)16-10(18(14)25)7-8-12(27-4)20(16)29-6/h7-9,19,21,24,26H,1-6H3/t19-,21+/m1/s1. The number of hydrogen-bond acceptors (Lipinski definition) is 7. The van der Waals surface area contributed by atoms with Crippen molar-refractivity contribution in [2.45, 2.75) is 31.7 Å². The number of aliphatic hydroxyl groups excluding tert-OH is 1. The van der Waals surface area contributed by atoms with Crippen LogP contribution >= 0.6 is 0 Å². The fourth-order valence-electron chi connectivity index (χ4n) is 4.24. The van der Waals surface area contributed by atoms with E-state index < -0.39 is 17.8 Å². The van der Waals surface area contributed by atoms with Gasteiger partial charge in [0, 0.05) is 18.7 Å². The molecule has 0 unspecified atom stereocenters. The van der Waals surface area contributed by atoms with Crippen molar-refractivity contribution in [1.82, 2.24) is 4.57 Å². The zero-order valence-corrected chi connectivity index (χ0v) is 17.8. The van der Waals surface area contributed by atoms with Crippen LogP contribution in [0.2, 0.25) is 0 Å². The van der Waals surface area contributed by atoms with Gasteiger partial charge in [0.05, 0.1) is 48.7 Å². The molecule has 3 aromatic rings. The van der Waals surface area contributed by atoms with Crippen LogP contribution in [-0.2, 0) is 11.8 Å². The molecule has 30 heavy (non-hydrogen) atoms. The molecule has 160 valence electrons. The van der Waals surface area contributed by atoms with Gasteiger partial charge in [0.15, 0.2) is 11.5 Å². The molecular weight excluding hydrogens is 390 g/mol. The Morgan fingerprint density at radius 3 is 2.27 bits per heavy atom. The van der Waals surface area contributed by atoms with Gasteiger partial charge in [-0.1, -0.05) is 0 Å². The minimum absolute atomic E-state index is 0.0885. The van der Waals surface area contributed by atoms with Crippen molar-refractivity contribution < 1.29 is 29.2 Å². The molecule has 8 nitrogen and oxygen atoms in total. The number of benzene rings is 2. The molecule has 0 saturated carbocycles. The molecule has 2 N–H and O–H groups in total. The van der Waals surface area contributed by atoms with Crippen LogP contribution < -0.4 is 19.6 Å². The van der Waals surface area contributed by atoms with E-state index >= 15 is 0 Å². The molecule has 2 atom stereocenters. The lowest BCUT2D eigenvalue weighted by Crippen LogP contribution is -2.18. The van der Waals surface area contributed by atoms with Crippen molar-refractivity contribution in [2.75, 3.05) is 21.3 Å². The Kier molecular flexibility index (Phi) is 4.59. The van der Waals surface area contributed by atoms with Crippen LogP contribution in [0.4, 0.5) is 0 Å². The highest BCUT2D eigenvalue weighted by Crippen LogP contribution is 2.49. The Hall–Kier alpha value is -2.97. The summed E-state index contributed by atoms with van der Waals surface area (Å²) in [6, 6.07) is 4.63. The maximum absolute atomic E-state index is 13.4. The van der Waals surface area contributed by atoms with Gasteiger partial charge >= 0.3 is 0 Å². The minimum Gasteiger partial charge on any atom is -0.507 e. The zero-order valence-electron chi connectivity index (χ0n) is 17.8. The predicted molar refractivity (Wildman–Crippen MR) is 112 cm³/mol. The second kappa shape index (κ2) is 6.78. The molecule has 0 radical (unpaired) electrons. The number of aromatic hydroxyl groups is 1. The number of phenolic OH excluding ortho intramolecular Hbond substituents is 1. The minimum atomic E-state index is -1.07. The molecule has 0 aliphatic carbocycles. The van der Waals surface area contributed by atoms with E-state index in [1.807, 2.05) is 13.8 Å². The van der Waals surface area contributed by atoms with E-state index in [2.05, 4.69) is 0 Å². The number of ether oxygens (including phenoxy) is 4. The number of nitrogens with zero attached hydrogens (tertiary/aromatic N) is 1. The van der Waals surface area contributed by atoms with Crippen LogP contribution in [0, 0.1) is 0 Å². The highest BCUT2D eigenvalue weighted by atomic mass is 16.6. The van der Waals surface area contributed by atoms with Gasteiger partial charge in [-0.3, -0.25) is 4.79 Å². The topological polar surface area (TPSA) is 103 Å². The second-order valence-electron chi connectivity index (χ2n) is 7.91. The van der Waals surface area contributed by atoms with Gasteiger partial charge in [-0.2, -0.15) is 0 Å². The van der Waals surface area contributed by atoms with Crippen LogP contribution in [-0.4, -0.2) is 47.8 Å². The number of fused-ring (bicyclic) bond motifs is 2. The molecule has 4 rings (SSSR count). The summed E-state index contributed by atoms with van der Waals surface area (Å²) in [4.78, 5) is 13.4. The molecule has 1 fully saturated rings. The maximum atomic E-state index is 13.4. The van der Waals surface area contributed by atoms with Crippen molar-refractivity contribution in [3.63, 3.8) is 0 Å². The summed E-state index contributed by atoms with van der Waals surface area (Å²) in [5.41, 5.74) is 0.294. The molecule has 8 heteroatoms. The highest BCUT2D eigenvalue weighted by molar-refractivity contribution is 6.01. The Labute approximate surface area is 173 Å². The van der Waals surface area contributed by atoms with Gasteiger partial charge in [0.1, 0.15) is 23.7 Å². The van der Waals surface area contributed by atoms with Crippen LogP contribution in [0.1, 0.15) is 25.5 Å². The van der Waals surface area contributed by atoms with Crippen LogP contribution in [0.5, 0.6) is 23.0 Å². The molecule has 0 bridgehead atoms. The summed E-state index contributed by atoms with van der Waals surface area (Å²) < 4.78 is 23.8. The quantitative estimate of drug-likeness (QED) is 0.488. The fourth-order valence-corrected chi connectivity index (χ4v) is 4.24. The largest absolute Gasteiger partial charge is 0.507 e. The summed E-state index contributed by atoms with van der Waals surface area (Å²) in [6.07, 6.45) is -1.55. The van der Waals surface area contributed by atoms with E-state index in [0.29, 0.717) is 33.5 Å². The van der Waals surface area contributed by atoms with E-state index in [0.717, 1.165) is 0 Å². The first-order valence-electron chi connectivity index (χ1n) is 9.51. The summed E-state index contributed by atoms with van der Waals surface area (Å²) in [5.74, 6) is 0.864. The molecular formula is C22H25NO7. The number of aryl methyl sites for hydroxylation is 1. The van der Waals surface area contributed by atoms with Crippen LogP contribution in [0.3, 0.4) is 0 Å². The number of pyridine rings is 1. The third-order valence-electron chi connectivity index (χ3n) is 5.80. The van der Waals surface area contributed by atoms with Gasteiger partial charge in [-0.15, -0.1) is 0 Å². The van der Waals surface area contributed by atoms with E-state index in [1.54, 1.807) is 23.7 Å². The number of rotatable bonds is 5. The van der Waals surface area contributed by atoms with E-state index in [1.165, 1.54) is 27.4 Å². The van der Waals surface area contributed by atoms with Gasteiger partial charge in [-0.05, 0) is 26.0 Å². The van der Waals surface area contributed by atoms with E-state index in [-0.39, 0.29) is 22.3 Å². The Morgan fingerprint density at radius 1 is 1.10 bits per heavy atom. The first-order chi connectivity index (χ1) is 14.2. The molecule has 1 aliphatic rings. The molecule has 2 heterocycles. The lowest BCUT2D eigenvalue weighted by Gasteiger charge is -2.22. The third kappa shape index (κ3) is 2.71. The van der Waals surface area contributed by atoms with Crippen molar-refractivity contribution in [3.05, 3.63) is 34.0 Å². The number of aromatic nitrogens is 1. The number of phenols is 1. The van der Waals surface area contributed by atoms with Crippen molar-refractivity contribution in [2.24, 2.45) is 7.05 Å². The summed E-state index contributed by atoms with van der Waals surface area (Å²) in [7, 11) is 6.18. The highest BCUT2D eigenvalue weighted by Gasteiger charge is 2.53. The van der Waals surface area contributed by atoms with Gasteiger partial charge in [-0.25, -0.2) is 0 Å². The monoisotopic (exact) mass is 415 g/mol. The third-order valence-corrected chi connectivity index (χ3v) is 5.80. The Balaban J connectivity index is 2.21. The molecule has 0 amide bonds. The van der Waals surface area contributed by atoms with Crippen molar-refractivity contribution in [1.29, 1.82) is 0 Å². The van der Waals surface area contributed by atoms with E-state index in [9.17, 15) is 15.0 Å². The molecule has 2 aromatic carbocycles. The van der Waals surface area contributed by atoms with Gasteiger partial charge < -0.3 is 33.7 Å². The van der Waals surface area contributed by atoms with Crippen molar-refractivity contribution in [3.8, 4) is 23.0 Å². The molecule has 0 spiro atoms. The zero-order chi connectivity index (χ0) is 22.0. The number of epoxide rings is 1. The first kappa shape index (κ1) is 20.3. The summed E-state index contributed by atoms with van der Waals surface area (Å²) >= 11 is 0. The maximum Gasteiger partial charge on any atom is 0.201 e.